The predicted octanol–water partition coefficient (Wildman–Crippen LogP) is 4.58. The lowest BCUT2D eigenvalue weighted by Gasteiger charge is -2.12. The molecule has 0 fully saturated rings. The van der Waals surface area contributed by atoms with Crippen molar-refractivity contribution < 1.29 is 9.53 Å². The average Bonchev–Trinajstić information content (AvgIpc) is 2.90. The number of ketones is 1. The number of H-pyrrole nitrogens is 1. The molecule has 108 valence electrons. The molecule has 1 aromatic carbocycles. The average molecular weight is 273 g/mol. The summed E-state index contributed by atoms with van der Waals surface area (Å²) >= 11 is 0. The van der Waals surface area contributed by atoms with Crippen LogP contribution in [0.3, 0.4) is 0 Å². The summed E-state index contributed by atoms with van der Waals surface area (Å²) in [5.41, 5.74) is 1.73. The van der Waals surface area contributed by atoms with Crippen LogP contribution in [0, 0.1) is 5.92 Å². The smallest absolute Gasteiger partial charge is 0.168 e. The first-order valence-electron chi connectivity index (χ1n) is 7.49. The van der Waals surface area contributed by atoms with Crippen molar-refractivity contribution in [2.45, 2.75) is 40.0 Å². The fourth-order valence-corrected chi connectivity index (χ4v) is 2.56. The van der Waals surface area contributed by atoms with E-state index in [-0.39, 0.29) is 11.7 Å². The Morgan fingerprint density at radius 2 is 2.00 bits per heavy atom. The molecule has 0 saturated carbocycles. The topological polar surface area (TPSA) is 42.1 Å². The van der Waals surface area contributed by atoms with Gasteiger partial charge in [-0.3, -0.25) is 4.79 Å². The highest BCUT2D eigenvalue weighted by molar-refractivity contribution is 6.10. The minimum absolute atomic E-state index is 0.0910. The highest BCUT2D eigenvalue weighted by atomic mass is 16.5. The minimum Gasteiger partial charge on any atom is -0.493 e. The molecule has 2 aromatic rings. The Labute approximate surface area is 120 Å². The number of hydrogen-bond acceptors (Lipinski definition) is 2. The molecular formula is C17H23NO2. The molecule has 0 unspecified atom stereocenters. The Morgan fingerprint density at radius 1 is 1.25 bits per heavy atom. The molecule has 20 heavy (non-hydrogen) atoms. The third-order valence-corrected chi connectivity index (χ3v) is 3.75. The van der Waals surface area contributed by atoms with Crippen LogP contribution in [0.2, 0.25) is 0 Å². The number of nitrogens with one attached hydrogen (secondary N) is 1. The van der Waals surface area contributed by atoms with Crippen molar-refractivity contribution >= 4 is 16.7 Å². The van der Waals surface area contributed by atoms with Crippen molar-refractivity contribution in [3.05, 3.63) is 30.0 Å². The Morgan fingerprint density at radius 3 is 2.65 bits per heavy atom. The van der Waals surface area contributed by atoms with Crippen molar-refractivity contribution in [2.24, 2.45) is 5.92 Å². The molecule has 0 aliphatic heterocycles. The van der Waals surface area contributed by atoms with Gasteiger partial charge in [-0.1, -0.05) is 26.8 Å². The molecule has 2 rings (SSSR count). The summed E-state index contributed by atoms with van der Waals surface area (Å²) < 4.78 is 5.79. The van der Waals surface area contributed by atoms with Crippen LogP contribution in [0.25, 0.3) is 10.9 Å². The molecule has 0 spiro atoms. The summed E-state index contributed by atoms with van der Waals surface area (Å²) in [6.07, 6.45) is 4.53. The fraction of sp³-hybridized carbons (Fsp3) is 0.471. The van der Waals surface area contributed by atoms with E-state index in [9.17, 15) is 4.79 Å². The molecule has 0 bridgehead atoms. The van der Waals surface area contributed by atoms with Crippen LogP contribution in [0.15, 0.2) is 24.4 Å². The van der Waals surface area contributed by atoms with Gasteiger partial charge in [0, 0.05) is 23.2 Å². The van der Waals surface area contributed by atoms with Crippen LogP contribution in [0.5, 0.6) is 5.75 Å². The molecule has 0 saturated heterocycles. The molecule has 0 amide bonds. The van der Waals surface area contributed by atoms with Crippen molar-refractivity contribution in [2.75, 3.05) is 6.61 Å². The summed E-state index contributed by atoms with van der Waals surface area (Å²) in [4.78, 5) is 15.8. The zero-order valence-corrected chi connectivity index (χ0v) is 12.5. The van der Waals surface area contributed by atoms with Gasteiger partial charge in [0.2, 0.25) is 0 Å². The second-order valence-electron chi connectivity index (χ2n) is 5.11. The van der Waals surface area contributed by atoms with Crippen LogP contribution >= 0.6 is 0 Å². The number of benzene rings is 1. The van der Waals surface area contributed by atoms with E-state index in [1.807, 2.05) is 24.4 Å². The van der Waals surface area contributed by atoms with Gasteiger partial charge in [-0.05, 0) is 31.4 Å². The van der Waals surface area contributed by atoms with Crippen molar-refractivity contribution in [3.8, 4) is 5.75 Å². The summed E-state index contributed by atoms with van der Waals surface area (Å²) in [6.45, 7) is 6.88. The summed E-state index contributed by atoms with van der Waals surface area (Å²) in [6, 6.07) is 5.88. The predicted molar refractivity (Wildman–Crippen MR) is 82.5 cm³/mol. The van der Waals surface area contributed by atoms with Crippen LogP contribution in [0.1, 0.15) is 50.4 Å². The van der Waals surface area contributed by atoms with Crippen molar-refractivity contribution in [3.63, 3.8) is 0 Å². The van der Waals surface area contributed by atoms with E-state index < -0.39 is 0 Å². The van der Waals surface area contributed by atoms with E-state index in [2.05, 4.69) is 25.8 Å². The van der Waals surface area contributed by atoms with Gasteiger partial charge in [0.05, 0.1) is 12.0 Å². The lowest BCUT2D eigenvalue weighted by Crippen LogP contribution is -2.12. The molecule has 3 heteroatoms. The maximum Gasteiger partial charge on any atom is 0.168 e. The summed E-state index contributed by atoms with van der Waals surface area (Å²) in [5, 5.41) is 0.929. The first kappa shape index (κ1) is 14.6. The molecule has 0 radical (unpaired) electrons. The maximum atomic E-state index is 12.6. The molecular weight excluding hydrogens is 250 g/mol. The molecule has 0 aliphatic carbocycles. The zero-order valence-electron chi connectivity index (χ0n) is 12.5. The standard InChI is InChI=1S/C17H23NO2/c1-4-10-20-15-9-7-8-14-16(15)13(11-18-14)17(19)12(5-2)6-3/h7-9,11-12,18H,4-6,10H2,1-3H3. The van der Waals surface area contributed by atoms with E-state index in [1.54, 1.807) is 0 Å². The first-order chi connectivity index (χ1) is 9.72. The molecule has 1 heterocycles. The Hall–Kier alpha value is -1.77. The van der Waals surface area contributed by atoms with Gasteiger partial charge in [0.15, 0.2) is 5.78 Å². The largest absolute Gasteiger partial charge is 0.493 e. The van der Waals surface area contributed by atoms with E-state index in [0.29, 0.717) is 6.61 Å². The van der Waals surface area contributed by atoms with Crippen LogP contribution < -0.4 is 4.74 Å². The summed E-state index contributed by atoms with van der Waals surface area (Å²) in [5.74, 6) is 1.11. The van der Waals surface area contributed by atoms with Gasteiger partial charge in [-0.2, -0.15) is 0 Å². The number of aromatic nitrogens is 1. The Kier molecular flexibility index (Phi) is 4.83. The van der Waals surface area contributed by atoms with E-state index in [0.717, 1.165) is 41.5 Å². The number of rotatable bonds is 7. The number of carbonyl (C=O) groups is 1. The molecule has 0 atom stereocenters. The third kappa shape index (κ3) is 2.72. The van der Waals surface area contributed by atoms with E-state index in [1.165, 1.54) is 0 Å². The third-order valence-electron chi connectivity index (χ3n) is 3.75. The summed E-state index contributed by atoms with van der Waals surface area (Å²) in [7, 11) is 0. The quantitative estimate of drug-likeness (QED) is 0.750. The normalized spacial score (nSPS) is 11.2. The second kappa shape index (κ2) is 6.60. The number of hydrogen-bond donors (Lipinski definition) is 1. The van der Waals surface area contributed by atoms with E-state index >= 15 is 0 Å². The number of carbonyl (C=O) groups excluding carboxylic acids is 1. The SMILES string of the molecule is CCCOc1cccc2[nH]cc(C(=O)C(CC)CC)c12. The lowest BCUT2D eigenvalue weighted by atomic mass is 9.92. The maximum absolute atomic E-state index is 12.6. The fourth-order valence-electron chi connectivity index (χ4n) is 2.56. The molecule has 1 N–H and O–H groups in total. The van der Waals surface area contributed by atoms with Gasteiger partial charge in [0.25, 0.3) is 0 Å². The Bertz CT molecular complexity index is 582. The number of fused-ring (bicyclic) bond motifs is 1. The lowest BCUT2D eigenvalue weighted by molar-refractivity contribution is 0.0915. The minimum atomic E-state index is 0.0910. The van der Waals surface area contributed by atoms with Crippen molar-refractivity contribution in [1.82, 2.24) is 4.98 Å². The van der Waals surface area contributed by atoms with Crippen molar-refractivity contribution in [1.29, 1.82) is 0 Å². The van der Waals surface area contributed by atoms with Gasteiger partial charge in [-0.15, -0.1) is 0 Å². The molecule has 3 nitrogen and oxygen atoms in total. The second-order valence-corrected chi connectivity index (χ2v) is 5.11. The number of aromatic amines is 1. The molecule has 0 aliphatic rings. The number of Topliss-reactive ketones (excluding diaryl/α,β-unsaturated/α-hetero) is 1. The van der Waals surface area contributed by atoms with E-state index in [4.69, 9.17) is 4.74 Å². The zero-order chi connectivity index (χ0) is 14.5. The highest BCUT2D eigenvalue weighted by Crippen LogP contribution is 2.31. The highest BCUT2D eigenvalue weighted by Gasteiger charge is 2.21. The van der Waals surface area contributed by atoms with Gasteiger partial charge in [-0.25, -0.2) is 0 Å². The van der Waals surface area contributed by atoms with Crippen LogP contribution in [0.4, 0.5) is 0 Å². The number of ether oxygens (including phenoxy) is 1. The Balaban J connectivity index is 2.46. The van der Waals surface area contributed by atoms with Crippen LogP contribution in [-0.4, -0.2) is 17.4 Å². The first-order valence-corrected chi connectivity index (χ1v) is 7.49. The van der Waals surface area contributed by atoms with Gasteiger partial charge >= 0.3 is 0 Å². The van der Waals surface area contributed by atoms with Gasteiger partial charge < -0.3 is 9.72 Å². The monoisotopic (exact) mass is 273 g/mol. The molecule has 1 aromatic heterocycles. The van der Waals surface area contributed by atoms with Gasteiger partial charge in [0.1, 0.15) is 5.75 Å². The van der Waals surface area contributed by atoms with Crippen LogP contribution in [-0.2, 0) is 0 Å².